The van der Waals surface area contributed by atoms with Crippen molar-refractivity contribution in [1.29, 1.82) is 0 Å². The summed E-state index contributed by atoms with van der Waals surface area (Å²) >= 11 is 0. The lowest BCUT2D eigenvalue weighted by Crippen LogP contribution is -2.33. The Morgan fingerprint density at radius 3 is 2.88 bits per heavy atom. The number of ether oxygens (including phenoxy) is 1. The second-order valence-electron chi connectivity index (χ2n) is 4.32. The largest absolute Gasteiger partial charge is 0.390 e. The van der Waals surface area contributed by atoms with E-state index in [9.17, 15) is 14.7 Å². The first-order chi connectivity index (χ1) is 8.02. The summed E-state index contributed by atoms with van der Waals surface area (Å²) in [5.74, 6) is 0. The number of nitrogens with one attached hydrogen (secondary N) is 1. The molecule has 2 N–H and O–H groups in total. The summed E-state index contributed by atoms with van der Waals surface area (Å²) in [6.07, 6.45) is 1.20. The number of nitrogens with zero attached hydrogens (tertiary/aromatic N) is 1. The minimum atomic E-state index is -0.566. The zero-order valence-corrected chi connectivity index (χ0v) is 9.84. The quantitative estimate of drug-likeness (QED) is 0.756. The smallest absolute Gasteiger partial charge is 0.330 e. The summed E-state index contributed by atoms with van der Waals surface area (Å²) in [6, 6.07) is 0. The van der Waals surface area contributed by atoms with Crippen LogP contribution in [-0.2, 0) is 4.74 Å². The van der Waals surface area contributed by atoms with Crippen molar-refractivity contribution in [3.63, 3.8) is 0 Å². The number of aromatic amines is 1. The topological polar surface area (TPSA) is 84.3 Å². The van der Waals surface area contributed by atoms with E-state index in [0.29, 0.717) is 18.4 Å². The summed E-state index contributed by atoms with van der Waals surface area (Å²) in [4.78, 5) is 25.1. The number of rotatable bonds is 2. The van der Waals surface area contributed by atoms with Gasteiger partial charge in [-0.05, 0) is 13.3 Å². The molecule has 1 saturated heterocycles. The van der Waals surface area contributed by atoms with Gasteiger partial charge in [0, 0.05) is 18.2 Å². The Labute approximate surface area is 97.9 Å². The number of aliphatic hydroxyl groups is 1. The lowest BCUT2D eigenvalue weighted by atomic mass is 10.1. The number of hydrogen-bond donors (Lipinski definition) is 2. The molecule has 1 aromatic rings. The first-order valence-corrected chi connectivity index (χ1v) is 5.68. The van der Waals surface area contributed by atoms with Crippen LogP contribution >= 0.6 is 0 Å². The van der Waals surface area contributed by atoms with Crippen LogP contribution in [0.4, 0.5) is 0 Å². The molecule has 2 rings (SSSR count). The van der Waals surface area contributed by atoms with Gasteiger partial charge in [0.1, 0.15) is 6.23 Å². The van der Waals surface area contributed by atoms with Gasteiger partial charge in [-0.1, -0.05) is 6.92 Å². The predicted molar refractivity (Wildman–Crippen MR) is 60.9 cm³/mol. The standard InChI is InChI=1S/C11H16N2O4/c1-3-8-7(14)4-9(17-8)13-5-6(2)10(15)12-11(13)16/h5,7-9,14H,3-4H2,1-2H3,(H,12,15,16)/t7?,8-,9-/m1/s1. The molecule has 1 aliphatic rings. The molecule has 0 spiro atoms. The highest BCUT2D eigenvalue weighted by atomic mass is 16.5. The van der Waals surface area contributed by atoms with Crippen molar-refractivity contribution in [3.05, 3.63) is 32.6 Å². The Balaban J connectivity index is 2.34. The van der Waals surface area contributed by atoms with E-state index in [1.165, 1.54) is 10.8 Å². The minimum Gasteiger partial charge on any atom is -0.390 e. The van der Waals surface area contributed by atoms with E-state index in [2.05, 4.69) is 4.98 Å². The van der Waals surface area contributed by atoms with Gasteiger partial charge in [-0.25, -0.2) is 4.79 Å². The Morgan fingerprint density at radius 2 is 2.29 bits per heavy atom. The molecule has 3 atom stereocenters. The van der Waals surface area contributed by atoms with Crippen LogP contribution in [0.1, 0.15) is 31.6 Å². The van der Waals surface area contributed by atoms with E-state index in [0.717, 1.165) is 0 Å². The SMILES string of the molecule is CC[C@H]1O[C@@H](n2cc(C)c(=O)[nH]c2=O)CC1O. The van der Waals surface area contributed by atoms with Gasteiger partial charge in [-0.3, -0.25) is 14.3 Å². The molecule has 1 aliphatic heterocycles. The van der Waals surface area contributed by atoms with Crippen LogP contribution in [0.3, 0.4) is 0 Å². The van der Waals surface area contributed by atoms with E-state index in [4.69, 9.17) is 4.74 Å². The average Bonchev–Trinajstić information content (AvgIpc) is 2.65. The second-order valence-corrected chi connectivity index (χ2v) is 4.32. The maximum Gasteiger partial charge on any atom is 0.330 e. The van der Waals surface area contributed by atoms with Gasteiger partial charge in [-0.15, -0.1) is 0 Å². The third-order valence-electron chi connectivity index (χ3n) is 3.06. The van der Waals surface area contributed by atoms with Gasteiger partial charge in [0.2, 0.25) is 0 Å². The van der Waals surface area contributed by atoms with Crippen molar-refractivity contribution < 1.29 is 9.84 Å². The fourth-order valence-electron chi connectivity index (χ4n) is 2.05. The maximum atomic E-state index is 11.6. The van der Waals surface area contributed by atoms with Crippen molar-refractivity contribution in [2.45, 2.75) is 45.1 Å². The fraction of sp³-hybridized carbons (Fsp3) is 0.636. The molecular formula is C11H16N2O4. The lowest BCUT2D eigenvalue weighted by Gasteiger charge is -2.14. The number of aliphatic hydroxyl groups excluding tert-OH is 1. The van der Waals surface area contributed by atoms with Crippen LogP contribution in [0.2, 0.25) is 0 Å². The lowest BCUT2D eigenvalue weighted by molar-refractivity contribution is -0.0218. The molecule has 2 heterocycles. The average molecular weight is 240 g/mol. The first-order valence-electron chi connectivity index (χ1n) is 5.68. The first kappa shape index (κ1) is 12.1. The van der Waals surface area contributed by atoms with Crippen LogP contribution in [-0.4, -0.2) is 26.9 Å². The van der Waals surface area contributed by atoms with Gasteiger partial charge in [0.15, 0.2) is 0 Å². The molecule has 6 nitrogen and oxygen atoms in total. The van der Waals surface area contributed by atoms with Gasteiger partial charge < -0.3 is 9.84 Å². The summed E-state index contributed by atoms with van der Waals surface area (Å²) < 4.78 is 6.90. The molecule has 0 aliphatic carbocycles. The van der Waals surface area contributed by atoms with Crippen molar-refractivity contribution >= 4 is 0 Å². The number of aryl methyl sites for hydroxylation is 1. The van der Waals surface area contributed by atoms with Crippen LogP contribution in [0, 0.1) is 6.92 Å². The fourth-order valence-corrected chi connectivity index (χ4v) is 2.05. The van der Waals surface area contributed by atoms with Gasteiger partial charge in [0.05, 0.1) is 12.2 Å². The summed E-state index contributed by atoms with van der Waals surface area (Å²) in [7, 11) is 0. The number of aromatic nitrogens is 2. The van der Waals surface area contributed by atoms with Crippen LogP contribution in [0.15, 0.2) is 15.8 Å². The van der Waals surface area contributed by atoms with Gasteiger partial charge in [-0.2, -0.15) is 0 Å². The molecular weight excluding hydrogens is 224 g/mol. The normalized spacial score (nSPS) is 28.5. The highest BCUT2D eigenvalue weighted by molar-refractivity contribution is 5.01. The summed E-state index contributed by atoms with van der Waals surface area (Å²) in [5, 5.41) is 9.72. The van der Waals surface area contributed by atoms with E-state index in [-0.39, 0.29) is 6.10 Å². The molecule has 0 amide bonds. The Kier molecular flexibility index (Phi) is 3.17. The molecule has 1 fully saturated rings. The molecule has 17 heavy (non-hydrogen) atoms. The van der Waals surface area contributed by atoms with Crippen LogP contribution < -0.4 is 11.2 Å². The summed E-state index contributed by atoms with van der Waals surface area (Å²) in [5.41, 5.74) is -0.450. The number of hydrogen-bond acceptors (Lipinski definition) is 4. The molecule has 1 aromatic heterocycles. The molecule has 94 valence electrons. The van der Waals surface area contributed by atoms with Crippen molar-refractivity contribution in [3.8, 4) is 0 Å². The van der Waals surface area contributed by atoms with Crippen molar-refractivity contribution in [2.24, 2.45) is 0 Å². The van der Waals surface area contributed by atoms with E-state index in [1.807, 2.05) is 6.92 Å². The monoisotopic (exact) mass is 240 g/mol. The Bertz CT molecular complexity index is 519. The Morgan fingerprint density at radius 1 is 1.59 bits per heavy atom. The molecule has 1 unspecified atom stereocenters. The Hall–Kier alpha value is -1.40. The van der Waals surface area contributed by atoms with Crippen LogP contribution in [0.25, 0.3) is 0 Å². The molecule has 0 saturated carbocycles. The highest BCUT2D eigenvalue weighted by Crippen LogP contribution is 2.28. The van der Waals surface area contributed by atoms with Gasteiger partial charge >= 0.3 is 5.69 Å². The molecule has 6 heteroatoms. The second kappa shape index (κ2) is 4.46. The predicted octanol–water partition coefficient (Wildman–Crippen LogP) is -0.0966. The van der Waals surface area contributed by atoms with Crippen LogP contribution in [0.5, 0.6) is 0 Å². The van der Waals surface area contributed by atoms with E-state index in [1.54, 1.807) is 6.92 Å². The molecule has 0 aromatic carbocycles. The zero-order valence-electron chi connectivity index (χ0n) is 9.84. The molecule has 0 radical (unpaired) electrons. The summed E-state index contributed by atoms with van der Waals surface area (Å²) in [6.45, 7) is 3.54. The van der Waals surface area contributed by atoms with E-state index < -0.39 is 23.6 Å². The van der Waals surface area contributed by atoms with Gasteiger partial charge in [0.25, 0.3) is 5.56 Å². The number of H-pyrrole nitrogens is 1. The third-order valence-corrected chi connectivity index (χ3v) is 3.06. The van der Waals surface area contributed by atoms with Crippen molar-refractivity contribution in [2.75, 3.05) is 0 Å². The highest BCUT2D eigenvalue weighted by Gasteiger charge is 2.34. The maximum absolute atomic E-state index is 11.6. The van der Waals surface area contributed by atoms with E-state index >= 15 is 0 Å². The molecule has 0 bridgehead atoms. The minimum absolute atomic E-state index is 0.251. The zero-order chi connectivity index (χ0) is 12.6. The van der Waals surface area contributed by atoms with Crippen molar-refractivity contribution in [1.82, 2.24) is 9.55 Å². The third kappa shape index (κ3) is 2.18.